The van der Waals surface area contributed by atoms with Crippen LogP contribution in [0.5, 0.6) is 5.88 Å². The fourth-order valence-electron chi connectivity index (χ4n) is 0.918. The Balaban J connectivity index is 3.49. The van der Waals surface area contributed by atoms with Gasteiger partial charge in [-0.3, -0.25) is 9.13 Å². The summed E-state index contributed by atoms with van der Waals surface area (Å²) in [6.45, 7) is 2.24. The molecular weight excluding hydrogens is 164 g/mol. The molecule has 0 unspecified atom stereocenters. The van der Waals surface area contributed by atoms with Crippen molar-refractivity contribution < 1.29 is 5.11 Å². The van der Waals surface area contributed by atoms with Crippen LogP contribution < -0.4 is 5.69 Å². The van der Waals surface area contributed by atoms with Crippen LogP contribution in [-0.4, -0.2) is 14.2 Å². The Kier molecular flexibility index (Phi) is 1.99. The maximum absolute atomic E-state index is 11.2. The first-order valence-electron chi connectivity index (χ1n) is 3.27. The molecule has 0 aliphatic heterocycles. The van der Waals surface area contributed by atoms with Crippen LogP contribution in [0.4, 0.5) is 0 Å². The first kappa shape index (κ1) is 8.26. The highest BCUT2D eigenvalue weighted by Gasteiger charge is 2.11. The van der Waals surface area contributed by atoms with E-state index in [9.17, 15) is 9.90 Å². The largest absolute Gasteiger partial charge is 0.492 e. The Hall–Kier alpha value is -0.840. The zero-order valence-electron chi connectivity index (χ0n) is 6.40. The zero-order valence-corrected chi connectivity index (χ0v) is 7.30. The van der Waals surface area contributed by atoms with E-state index in [1.54, 1.807) is 14.0 Å². The minimum atomic E-state index is -0.241. The smallest absolute Gasteiger partial charge is 0.331 e. The zero-order chi connectivity index (χ0) is 8.59. The molecule has 1 N–H and O–H groups in total. The second-order valence-electron chi connectivity index (χ2n) is 2.23. The third-order valence-corrected chi connectivity index (χ3v) is 2.11. The van der Waals surface area contributed by atoms with Gasteiger partial charge >= 0.3 is 5.69 Å². The van der Waals surface area contributed by atoms with Gasteiger partial charge in [-0.2, -0.15) is 0 Å². The van der Waals surface area contributed by atoms with E-state index in [2.05, 4.69) is 12.6 Å². The van der Waals surface area contributed by atoms with Crippen molar-refractivity contribution in [3.8, 4) is 5.88 Å². The SMILES string of the molecule is CCn1c(O)c(S)n(C)c1=O. The van der Waals surface area contributed by atoms with Crippen molar-refractivity contribution in [1.29, 1.82) is 0 Å². The topological polar surface area (TPSA) is 47.2 Å². The monoisotopic (exact) mass is 174 g/mol. The molecule has 1 rings (SSSR count). The van der Waals surface area contributed by atoms with Gasteiger partial charge in [-0.25, -0.2) is 4.79 Å². The fraction of sp³-hybridized carbons (Fsp3) is 0.500. The van der Waals surface area contributed by atoms with Crippen molar-refractivity contribution in [2.24, 2.45) is 7.05 Å². The van der Waals surface area contributed by atoms with Crippen LogP contribution in [-0.2, 0) is 13.6 Å². The summed E-state index contributed by atoms with van der Waals surface area (Å²) in [5, 5.41) is 9.57. The quantitative estimate of drug-likeness (QED) is 0.597. The lowest BCUT2D eigenvalue weighted by Gasteiger charge is -1.94. The van der Waals surface area contributed by atoms with Crippen LogP contribution >= 0.6 is 12.6 Å². The van der Waals surface area contributed by atoms with Crippen LogP contribution in [0.2, 0.25) is 0 Å². The lowest BCUT2D eigenvalue weighted by Crippen LogP contribution is -2.21. The lowest BCUT2D eigenvalue weighted by molar-refractivity contribution is 0.407. The lowest BCUT2D eigenvalue weighted by atomic mass is 10.7. The van der Waals surface area contributed by atoms with Crippen molar-refractivity contribution in [3.05, 3.63) is 10.5 Å². The van der Waals surface area contributed by atoms with Crippen LogP contribution in [0.15, 0.2) is 9.82 Å². The maximum Gasteiger partial charge on any atom is 0.331 e. The number of rotatable bonds is 1. The van der Waals surface area contributed by atoms with Gasteiger partial charge in [-0.15, -0.1) is 12.6 Å². The summed E-state index contributed by atoms with van der Waals surface area (Å²) >= 11 is 3.95. The summed E-state index contributed by atoms with van der Waals surface area (Å²) in [7, 11) is 1.57. The number of hydrogen-bond donors (Lipinski definition) is 2. The molecule has 11 heavy (non-hydrogen) atoms. The van der Waals surface area contributed by atoms with E-state index in [1.807, 2.05) is 0 Å². The second-order valence-corrected chi connectivity index (χ2v) is 2.66. The van der Waals surface area contributed by atoms with E-state index in [0.717, 1.165) is 0 Å². The Morgan fingerprint density at radius 3 is 2.36 bits per heavy atom. The van der Waals surface area contributed by atoms with E-state index in [0.29, 0.717) is 11.6 Å². The van der Waals surface area contributed by atoms with E-state index in [1.165, 1.54) is 9.13 Å². The molecule has 5 heteroatoms. The summed E-state index contributed by atoms with van der Waals surface area (Å²) in [6.07, 6.45) is 0. The van der Waals surface area contributed by atoms with Crippen LogP contribution in [0.3, 0.4) is 0 Å². The summed E-state index contributed by atoms with van der Waals surface area (Å²) in [4.78, 5) is 11.2. The van der Waals surface area contributed by atoms with Crippen molar-refractivity contribution in [2.45, 2.75) is 18.5 Å². The summed E-state index contributed by atoms with van der Waals surface area (Å²) < 4.78 is 2.55. The predicted octanol–water partition coefficient (Wildman–Crippen LogP) is 0.201. The standard InChI is InChI=1S/C6H10N2O2S/c1-3-8-4(9)5(11)7(2)6(8)10/h9,11H,3H2,1-2H3. The summed E-state index contributed by atoms with van der Waals surface area (Å²) in [6, 6.07) is 0. The van der Waals surface area contributed by atoms with Crippen LogP contribution in [0.25, 0.3) is 0 Å². The molecule has 0 aromatic carbocycles. The Morgan fingerprint density at radius 1 is 1.64 bits per heavy atom. The minimum Gasteiger partial charge on any atom is -0.492 e. The van der Waals surface area contributed by atoms with Gasteiger partial charge in [0.15, 0.2) is 0 Å². The van der Waals surface area contributed by atoms with Crippen LogP contribution in [0.1, 0.15) is 6.92 Å². The molecule has 0 fully saturated rings. The van der Waals surface area contributed by atoms with E-state index < -0.39 is 0 Å². The number of aromatic nitrogens is 2. The van der Waals surface area contributed by atoms with Gasteiger partial charge < -0.3 is 5.11 Å². The number of thiol groups is 1. The molecule has 0 radical (unpaired) electrons. The Labute approximate surface area is 69.5 Å². The molecule has 0 saturated carbocycles. The molecule has 62 valence electrons. The molecule has 4 nitrogen and oxygen atoms in total. The van der Waals surface area contributed by atoms with Gasteiger partial charge in [0.05, 0.1) is 0 Å². The van der Waals surface area contributed by atoms with Crippen molar-refractivity contribution in [3.63, 3.8) is 0 Å². The highest BCUT2D eigenvalue weighted by atomic mass is 32.1. The molecule has 0 saturated heterocycles. The van der Waals surface area contributed by atoms with Gasteiger partial charge in [0.2, 0.25) is 5.88 Å². The first-order valence-corrected chi connectivity index (χ1v) is 3.71. The molecule has 0 aliphatic carbocycles. The molecule has 1 heterocycles. The first-order chi connectivity index (χ1) is 5.09. The van der Waals surface area contributed by atoms with E-state index in [4.69, 9.17) is 0 Å². The van der Waals surface area contributed by atoms with E-state index in [-0.39, 0.29) is 11.6 Å². The Bertz CT molecular complexity index is 326. The van der Waals surface area contributed by atoms with Crippen molar-refractivity contribution in [2.75, 3.05) is 0 Å². The predicted molar refractivity (Wildman–Crippen MR) is 44.3 cm³/mol. The van der Waals surface area contributed by atoms with Gasteiger partial charge in [-0.05, 0) is 6.92 Å². The molecule has 0 amide bonds. The third kappa shape index (κ3) is 1.05. The summed E-state index contributed by atoms with van der Waals surface area (Å²) in [5.74, 6) is -0.0664. The van der Waals surface area contributed by atoms with Gasteiger partial charge in [0, 0.05) is 13.6 Å². The molecule has 0 spiro atoms. The highest BCUT2D eigenvalue weighted by molar-refractivity contribution is 7.80. The highest BCUT2D eigenvalue weighted by Crippen LogP contribution is 2.17. The van der Waals surface area contributed by atoms with Gasteiger partial charge in [0.25, 0.3) is 0 Å². The molecule has 1 aromatic heterocycles. The molecule has 0 aliphatic rings. The van der Waals surface area contributed by atoms with E-state index >= 15 is 0 Å². The average Bonchev–Trinajstić information content (AvgIpc) is 2.17. The Morgan fingerprint density at radius 2 is 2.18 bits per heavy atom. The fourth-order valence-corrected chi connectivity index (χ4v) is 1.12. The normalized spacial score (nSPS) is 10.5. The maximum atomic E-state index is 11.2. The molecule has 0 bridgehead atoms. The minimum absolute atomic E-state index is 0.0664. The molecule has 1 aromatic rings. The van der Waals surface area contributed by atoms with Crippen molar-refractivity contribution in [1.82, 2.24) is 9.13 Å². The molecule has 0 atom stereocenters. The number of hydrogen-bond acceptors (Lipinski definition) is 3. The second kappa shape index (κ2) is 2.65. The number of aromatic hydroxyl groups is 1. The number of nitrogens with zero attached hydrogens (tertiary/aromatic N) is 2. The summed E-state index contributed by atoms with van der Waals surface area (Å²) in [5.41, 5.74) is -0.241. The average molecular weight is 174 g/mol. The van der Waals surface area contributed by atoms with Gasteiger partial charge in [-0.1, -0.05) is 0 Å². The number of imidazole rings is 1. The van der Waals surface area contributed by atoms with Gasteiger partial charge in [0.1, 0.15) is 5.03 Å². The van der Waals surface area contributed by atoms with Crippen LogP contribution in [0, 0.1) is 0 Å². The molecular formula is C6H10N2O2S. The third-order valence-electron chi connectivity index (χ3n) is 1.61. The van der Waals surface area contributed by atoms with Crippen molar-refractivity contribution >= 4 is 12.6 Å².